The maximum atomic E-state index is 5.31. The minimum absolute atomic E-state index is 0.746. The van der Waals surface area contributed by atoms with Gasteiger partial charge in [0, 0.05) is 11.3 Å². The molecule has 3 heteroatoms. The molecule has 17 heavy (non-hydrogen) atoms. The molecule has 0 bridgehead atoms. The van der Waals surface area contributed by atoms with E-state index in [0.717, 1.165) is 27.2 Å². The Bertz CT molecular complexity index is 601. The number of aromatic nitrogens is 1. The zero-order chi connectivity index (χ0) is 12.4. The molecule has 0 aliphatic rings. The van der Waals surface area contributed by atoms with Gasteiger partial charge in [0.1, 0.15) is 10.4 Å². The quantitative estimate of drug-likeness (QED) is 0.808. The van der Waals surface area contributed by atoms with Gasteiger partial charge in [0.15, 0.2) is 0 Å². The van der Waals surface area contributed by atoms with Crippen LogP contribution >= 0.6 is 12.2 Å². The van der Waals surface area contributed by atoms with Crippen molar-refractivity contribution in [1.82, 2.24) is 4.98 Å². The third kappa shape index (κ3) is 2.39. The van der Waals surface area contributed by atoms with Gasteiger partial charge in [-0.25, -0.2) is 0 Å². The summed E-state index contributed by atoms with van der Waals surface area (Å²) in [4.78, 5) is 3.20. The molecule has 1 N–H and O–H groups in total. The van der Waals surface area contributed by atoms with E-state index >= 15 is 0 Å². The van der Waals surface area contributed by atoms with Crippen LogP contribution in [0.1, 0.15) is 11.1 Å². The third-order valence-electron chi connectivity index (χ3n) is 2.80. The molecule has 2 aromatic rings. The molecule has 0 amide bonds. The molecule has 0 radical (unpaired) electrons. The van der Waals surface area contributed by atoms with Crippen molar-refractivity contribution >= 4 is 12.2 Å². The minimum atomic E-state index is 0.746. The van der Waals surface area contributed by atoms with Gasteiger partial charge in [-0.2, -0.15) is 0 Å². The van der Waals surface area contributed by atoms with Crippen LogP contribution in [0.3, 0.4) is 0 Å². The van der Waals surface area contributed by atoms with Crippen LogP contribution in [0.15, 0.2) is 30.3 Å². The van der Waals surface area contributed by atoms with Crippen LogP contribution in [-0.4, -0.2) is 12.1 Å². The zero-order valence-electron chi connectivity index (χ0n) is 10.2. The van der Waals surface area contributed by atoms with E-state index in [-0.39, 0.29) is 0 Å². The summed E-state index contributed by atoms with van der Waals surface area (Å²) >= 11 is 5.14. The van der Waals surface area contributed by atoms with E-state index in [9.17, 15) is 0 Å². The van der Waals surface area contributed by atoms with E-state index in [1.165, 1.54) is 5.56 Å². The molecular formula is C14H15NOS. The van der Waals surface area contributed by atoms with Crippen molar-refractivity contribution in [2.75, 3.05) is 7.11 Å². The lowest BCUT2D eigenvalue weighted by Crippen LogP contribution is -1.92. The fraction of sp³-hybridized carbons (Fsp3) is 0.214. The Morgan fingerprint density at radius 2 is 1.88 bits per heavy atom. The van der Waals surface area contributed by atoms with E-state index in [1.807, 2.05) is 25.1 Å². The highest BCUT2D eigenvalue weighted by Gasteiger charge is 2.06. The number of aromatic amines is 1. The Balaban J connectivity index is 2.60. The van der Waals surface area contributed by atoms with Crippen LogP contribution in [0.2, 0.25) is 0 Å². The molecule has 0 saturated heterocycles. The monoisotopic (exact) mass is 245 g/mol. The average molecular weight is 245 g/mol. The van der Waals surface area contributed by atoms with Gasteiger partial charge in [-0.05, 0) is 49.2 Å². The predicted molar refractivity (Wildman–Crippen MR) is 73.1 cm³/mol. The maximum absolute atomic E-state index is 5.31. The fourth-order valence-electron chi connectivity index (χ4n) is 1.90. The average Bonchev–Trinajstić information content (AvgIpc) is 2.31. The molecule has 0 fully saturated rings. The number of hydrogen-bond acceptors (Lipinski definition) is 2. The van der Waals surface area contributed by atoms with Crippen molar-refractivity contribution in [1.29, 1.82) is 0 Å². The van der Waals surface area contributed by atoms with Crippen LogP contribution in [0.25, 0.3) is 11.3 Å². The van der Waals surface area contributed by atoms with Gasteiger partial charge in [0.25, 0.3) is 0 Å². The second-order valence-corrected chi connectivity index (χ2v) is 4.51. The highest BCUT2D eigenvalue weighted by molar-refractivity contribution is 7.71. The number of pyridine rings is 1. The second-order valence-electron chi connectivity index (χ2n) is 4.07. The fourth-order valence-corrected chi connectivity index (χ4v) is 2.09. The number of benzene rings is 1. The van der Waals surface area contributed by atoms with Crippen LogP contribution < -0.4 is 4.74 Å². The summed E-state index contributed by atoms with van der Waals surface area (Å²) < 4.78 is 6.06. The highest BCUT2D eigenvalue weighted by atomic mass is 32.1. The van der Waals surface area contributed by atoms with Gasteiger partial charge < -0.3 is 9.72 Å². The van der Waals surface area contributed by atoms with Crippen molar-refractivity contribution in [3.63, 3.8) is 0 Å². The minimum Gasteiger partial charge on any atom is -0.496 e. The van der Waals surface area contributed by atoms with E-state index in [1.54, 1.807) is 7.11 Å². The van der Waals surface area contributed by atoms with Gasteiger partial charge in [0.2, 0.25) is 0 Å². The Kier molecular flexibility index (Phi) is 3.29. The number of H-pyrrole nitrogens is 1. The lowest BCUT2D eigenvalue weighted by Gasteiger charge is -2.11. The Morgan fingerprint density at radius 1 is 1.12 bits per heavy atom. The summed E-state index contributed by atoms with van der Waals surface area (Å²) in [7, 11) is 1.69. The Hall–Kier alpha value is -1.61. The molecule has 1 aromatic carbocycles. The van der Waals surface area contributed by atoms with Crippen molar-refractivity contribution in [2.24, 2.45) is 0 Å². The first-order valence-corrected chi connectivity index (χ1v) is 5.87. The summed E-state index contributed by atoms with van der Waals surface area (Å²) in [6, 6.07) is 10.0. The molecule has 0 aliphatic heterocycles. The third-order valence-corrected chi connectivity index (χ3v) is 3.04. The molecule has 2 nitrogen and oxygen atoms in total. The van der Waals surface area contributed by atoms with Crippen molar-refractivity contribution < 1.29 is 4.74 Å². The van der Waals surface area contributed by atoms with E-state index in [2.05, 4.69) is 24.0 Å². The van der Waals surface area contributed by atoms with E-state index < -0.39 is 0 Å². The van der Waals surface area contributed by atoms with Crippen LogP contribution in [0.5, 0.6) is 5.75 Å². The Labute approximate surface area is 106 Å². The lowest BCUT2D eigenvalue weighted by atomic mass is 10.0. The van der Waals surface area contributed by atoms with Gasteiger partial charge >= 0.3 is 0 Å². The summed E-state index contributed by atoms with van der Waals surface area (Å²) in [5.41, 5.74) is 4.50. The SMILES string of the molecule is COc1cc(C)c(-c2cccc(=S)[nH]2)cc1C. The van der Waals surface area contributed by atoms with Gasteiger partial charge in [-0.3, -0.25) is 0 Å². The highest BCUT2D eigenvalue weighted by Crippen LogP contribution is 2.28. The number of ether oxygens (including phenoxy) is 1. The molecule has 1 aromatic heterocycles. The van der Waals surface area contributed by atoms with Crippen molar-refractivity contribution in [3.8, 4) is 17.0 Å². The van der Waals surface area contributed by atoms with Crippen LogP contribution in [0.4, 0.5) is 0 Å². The first-order chi connectivity index (χ1) is 8.11. The standard InChI is InChI=1S/C14H15NOS/c1-9-8-13(16-3)10(2)7-11(9)12-5-4-6-14(17)15-12/h4-8H,1-3H3,(H,15,17). The Morgan fingerprint density at radius 3 is 2.53 bits per heavy atom. The van der Waals surface area contributed by atoms with Crippen molar-refractivity contribution in [2.45, 2.75) is 13.8 Å². The summed E-state index contributed by atoms with van der Waals surface area (Å²) in [6.45, 7) is 4.11. The molecule has 1 heterocycles. The topological polar surface area (TPSA) is 25.0 Å². The molecule has 0 saturated carbocycles. The lowest BCUT2D eigenvalue weighted by molar-refractivity contribution is 0.411. The maximum Gasteiger partial charge on any atom is 0.122 e. The first-order valence-electron chi connectivity index (χ1n) is 5.47. The zero-order valence-corrected chi connectivity index (χ0v) is 11.0. The molecule has 0 aliphatic carbocycles. The molecule has 88 valence electrons. The number of nitrogens with one attached hydrogen (secondary N) is 1. The van der Waals surface area contributed by atoms with E-state index in [0.29, 0.717) is 0 Å². The predicted octanol–water partition coefficient (Wildman–Crippen LogP) is 4.04. The van der Waals surface area contributed by atoms with E-state index in [4.69, 9.17) is 17.0 Å². The molecule has 0 atom stereocenters. The summed E-state index contributed by atoms with van der Waals surface area (Å²) in [5, 5.41) is 0. The van der Waals surface area contributed by atoms with Gasteiger partial charge in [-0.15, -0.1) is 0 Å². The second kappa shape index (κ2) is 4.72. The number of hydrogen-bond donors (Lipinski definition) is 1. The molecular weight excluding hydrogens is 230 g/mol. The summed E-state index contributed by atoms with van der Waals surface area (Å²) in [6.07, 6.45) is 0. The number of rotatable bonds is 2. The summed E-state index contributed by atoms with van der Waals surface area (Å²) in [5.74, 6) is 0.917. The normalized spacial score (nSPS) is 10.3. The van der Waals surface area contributed by atoms with Crippen LogP contribution in [0, 0.1) is 18.5 Å². The van der Waals surface area contributed by atoms with Gasteiger partial charge in [-0.1, -0.05) is 18.3 Å². The molecule has 0 unspecified atom stereocenters. The smallest absolute Gasteiger partial charge is 0.122 e. The molecule has 0 spiro atoms. The van der Waals surface area contributed by atoms with Gasteiger partial charge in [0.05, 0.1) is 7.11 Å². The number of aryl methyl sites for hydroxylation is 2. The molecule has 2 rings (SSSR count). The first kappa shape index (κ1) is 11.9. The van der Waals surface area contributed by atoms with Crippen molar-refractivity contribution in [3.05, 3.63) is 46.1 Å². The largest absolute Gasteiger partial charge is 0.496 e. The van der Waals surface area contributed by atoms with Crippen LogP contribution in [-0.2, 0) is 0 Å². The number of methoxy groups -OCH3 is 1.